The summed E-state index contributed by atoms with van der Waals surface area (Å²) >= 11 is 0. The number of anilines is 2. The number of ether oxygens (including phenoxy) is 1. The molecule has 0 bridgehead atoms. The SMILES string of the molecule is CCCc1nc(NCC)c(C)c(N2CCOC(CC)C2)n1. The van der Waals surface area contributed by atoms with Crippen LogP contribution in [-0.4, -0.2) is 42.3 Å². The maximum absolute atomic E-state index is 5.77. The number of morpholine rings is 1. The minimum absolute atomic E-state index is 0.310. The average Bonchev–Trinajstić information content (AvgIpc) is 2.51. The van der Waals surface area contributed by atoms with Gasteiger partial charge in [0.2, 0.25) is 0 Å². The third kappa shape index (κ3) is 3.84. The summed E-state index contributed by atoms with van der Waals surface area (Å²) in [6.07, 6.45) is 3.34. The zero-order chi connectivity index (χ0) is 15.2. The van der Waals surface area contributed by atoms with Crippen LogP contribution in [0.2, 0.25) is 0 Å². The van der Waals surface area contributed by atoms with Crippen LogP contribution in [0.1, 0.15) is 45.0 Å². The van der Waals surface area contributed by atoms with E-state index in [2.05, 4.69) is 42.9 Å². The molecule has 0 aliphatic carbocycles. The predicted octanol–water partition coefficient (Wildman–Crippen LogP) is 2.78. The number of aromatic nitrogens is 2. The van der Waals surface area contributed by atoms with Gasteiger partial charge in [-0.1, -0.05) is 13.8 Å². The molecule has 1 aliphatic heterocycles. The van der Waals surface area contributed by atoms with Crippen molar-refractivity contribution in [3.8, 4) is 0 Å². The first kappa shape index (κ1) is 16.0. The fourth-order valence-corrected chi connectivity index (χ4v) is 2.69. The zero-order valence-electron chi connectivity index (χ0n) is 13.8. The molecule has 0 radical (unpaired) electrons. The quantitative estimate of drug-likeness (QED) is 0.873. The molecule has 118 valence electrons. The Bertz CT molecular complexity index is 464. The van der Waals surface area contributed by atoms with Gasteiger partial charge in [0.15, 0.2) is 0 Å². The minimum Gasteiger partial charge on any atom is -0.375 e. The van der Waals surface area contributed by atoms with E-state index in [0.29, 0.717) is 6.10 Å². The van der Waals surface area contributed by atoms with Crippen LogP contribution in [-0.2, 0) is 11.2 Å². The van der Waals surface area contributed by atoms with E-state index in [9.17, 15) is 0 Å². The Kier molecular flexibility index (Phi) is 5.79. The number of hydrogen-bond donors (Lipinski definition) is 1. The molecular formula is C16H28N4O. The van der Waals surface area contributed by atoms with Crippen molar-refractivity contribution in [2.45, 2.75) is 53.1 Å². The highest BCUT2D eigenvalue weighted by Crippen LogP contribution is 2.26. The molecule has 0 saturated carbocycles. The van der Waals surface area contributed by atoms with E-state index in [1.54, 1.807) is 0 Å². The lowest BCUT2D eigenvalue weighted by atomic mass is 10.2. The van der Waals surface area contributed by atoms with E-state index in [0.717, 1.165) is 68.5 Å². The predicted molar refractivity (Wildman–Crippen MR) is 87.2 cm³/mol. The van der Waals surface area contributed by atoms with Gasteiger partial charge in [0.25, 0.3) is 0 Å². The second kappa shape index (κ2) is 7.59. The maximum atomic E-state index is 5.77. The maximum Gasteiger partial charge on any atom is 0.137 e. The van der Waals surface area contributed by atoms with E-state index in [1.165, 1.54) is 0 Å². The summed E-state index contributed by atoms with van der Waals surface area (Å²) in [6.45, 7) is 12.0. The summed E-state index contributed by atoms with van der Waals surface area (Å²) in [4.78, 5) is 11.8. The van der Waals surface area contributed by atoms with Gasteiger partial charge in [0.05, 0.1) is 12.7 Å². The standard InChI is InChI=1S/C16H28N4O/c1-5-8-14-18-15(17-7-3)12(4)16(19-14)20-9-10-21-13(6-2)11-20/h13H,5-11H2,1-4H3,(H,17,18,19). The van der Waals surface area contributed by atoms with Crippen molar-refractivity contribution in [2.75, 3.05) is 36.5 Å². The van der Waals surface area contributed by atoms with Crippen LogP contribution < -0.4 is 10.2 Å². The second-order valence-electron chi connectivity index (χ2n) is 5.56. The lowest BCUT2D eigenvalue weighted by molar-refractivity contribution is 0.0381. The number of rotatable bonds is 6. The molecule has 1 fully saturated rings. The molecule has 0 spiro atoms. The fraction of sp³-hybridized carbons (Fsp3) is 0.750. The highest BCUT2D eigenvalue weighted by Gasteiger charge is 2.23. The molecule has 5 heteroatoms. The molecule has 1 saturated heterocycles. The number of aryl methyl sites for hydroxylation is 1. The Morgan fingerprint density at radius 3 is 2.76 bits per heavy atom. The molecule has 1 aromatic rings. The molecule has 1 N–H and O–H groups in total. The molecule has 1 atom stereocenters. The fourth-order valence-electron chi connectivity index (χ4n) is 2.69. The molecule has 5 nitrogen and oxygen atoms in total. The molecule has 1 unspecified atom stereocenters. The Balaban J connectivity index is 2.31. The summed E-state index contributed by atoms with van der Waals surface area (Å²) in [5.74, 6) is 2.99. The van der Waals surface area contributed by atoms with E-state index in [-0.39, 0.29) is 0 Å². The van der Waals surface area contributed by atoms with Gasteiger partial charge in [0.1, 0.15) is 17.5 Å². The third-order valence-corrected chi connectivity index (χ3v) is 3.88. The summed E-state index contributed by atoms with van der Waals surface area (Å²) in [6, 6.07) is 0. The number of hydrogen-bond acceptors (Lipinski definition) is 5. The number of nitrogens with one attached hydrogen (secondary N) is 1. The summed E-state index contributed by atoms with van der Waals surface area (Å²) in [5.41, 5.74) is 1.15. The molecule has 1 aliphatic rings. The van der Waals surface area contributed by atoms with Crippen molar-refractivity contribution in [1.82, 2.24) is 9.97 Å². The van der Waals surface area contributed by atoms with Crippen LogP contribution >= 0.6 is 0 Å². The highest BCUT2D eigenvalue weighted by atomic mass is 16.5. The van der Waals surface area contributed by atoms with Gasteiger partial charge in [-0.2, -0.15) is 0 Å². The lowest BCUT2D eigenvalue weighted by Crippen LogP contribution is -2.43. The first-order chi connectivity index (χ1) is 10.2. The van der Waals surface area contributed by atoms with Crippen LogP contribution in [0.15, 0.2) is 0 Å². The molecular weight excluding hydrogens is 264 g/mol. The molecule has 21 heavy (non-hydrogen) atoms. The van der Waals surface area contributed by atoms with Gasteiger partial charge in [-0.25, -0.2) is 9.97 Å². The largest absolute Gasteiger partial charge is 0.375 e. The Hall–Kier alpha value is -1.36. The third-order valence-electron chi connectivity index (χ3n) is 3.88. The van der Waals surface area contributed by atoms with Crippen LogP contribution in [0.3, 0.4) is 0 Å². The van der Waals surface area contributed by atoms with Gasteiger partial charge in [0, 0.05) is 31.6 Å². The smallest absolute Gasteiger partial charge is 0.137 e. The van der Waals surface area contributed by atoms with Crippen molar-refractivity contribution in [3.05, 3.63) is 11.4 Å². The van der Waals surface area contributed by atoms with Crippen molar-refractivity contribution < 1.29 is 4.74 Å². The van der Waals surface area contributed by atoms with Crippen LogP contribution in [0, 0.1) is 6.92 Å². The van der Waals surface area contributed by atoms with Crippen molar-refractivity contribution in [2.24, 2.45) is 0 Å². The van der Waals surface area contributed by atoms with Crippen molar-refractivity contribution in [3.63, 3.8) is 0 Å². The monoisotopic (exact) mass is 292 g/mol. The topological polar surface area (TPSA) is 50.3 Å². The van der Waals surface area contributed by atoms with Gasteiger partial charge in [-0.3, -0.25) is 0 Å². The zero-order valence-corrected chi connectivity index (χ0v) is 13.8. The van der Waals surface area contributed by atoms with Crippen LogP contribution in [0.25, 0.3) is 0 Å². The Labute approximate surface area is 128 Å². The lowest BCUT2D eigenvalue weighted by Gasteiger charge is -2.34. The average molecular weight is 292 g/mol. The Morgan fingerprint density at radius 2 is 2.10 bits per heavy atom. The molecule has 1 aromatic heterocycles. The molecule has 2 rings (SSSR count). The van der Waals surface area contributed by atoms with Gasteiger partial charge >= 0.3 is 0 Å². The van der Waals surface area contributed by atoms with Gasteiger partial charge < -0.3 is 15.0 Å². The second-order valence-corrected chi connectivity index (χ2v) is 5.56. The molecule has 2 heterocycles. The minimum atomic E-state index is 0.310. The summed E-state index contributed by atoms with van der Waals surface area (Å²) in [5, 5.41) is 3.37. The van der Waals surface area contributed by atoms with Gasteiger partial charge in [-0.15, -0.1) is 0 Å². The van der Waals surface area contributed by atoms with Crippen molar-refractivity contribution >= 4 is 11.6 Å². The van der Waals surface area contributed by atoms with E-state index >= 15 is 0 Å². The van der Waals surface area contributed by atoms with Crippen LogP contribution in [0.4, 0.5) is 11.6 Å². The van der Waals surface area contributed by atoms with E-state index in [1.807, 2.05) is 0 Å². The molecule has 0 aromatic carbocycles. The molecule has 0 amide bonds. The first-order valence-corrected chi connectivity index (χ1v) is 8.17. The van der Waals surface area contributed by atoms with E-state index < -0.39 is 0 Å². The highest BCUT2D eigenvalue weighted by molar-refractivity contribution is 5.59. The normalized spacial score (nSPS) is 18.9. The van der Waals surface area contributed by atoms with Crippen LogP contribution in [0.5, 0.6) is 0 Å². The van der Waals surface area contributed by atoms with Crippen molar-refractivity contribution in [1.29, 1.82) is 0 Å². The first-order valence-electron chi connectivity index (χ1n) is 8.17. The Morgan fingerprint density at radius 1 is 1.29 bits per heavy atom. The summed E-state index contributed by atoms with van der Waals surface area (Å²) < 4.78 is 5.77. The summed E-state index contributed by atoms with van der Waals surface area (Å²) in [7, 11) is 0. The van der Waals surface area contributed by atoms with Gasteiger partial charge in [-0.05, 0) is 26.7 Å². The van der Waals surface area contributed by atoms with E-state index in [4.69, 9.17) is 9.72 Å². The number of nitrogens with zero attached hydrogens (tertiary/aromatic N) is 3.